The smallest absolute Gasteiger partial charge is 0.216 e. The second kappa shape index (κ2) is 10.2. The van der Waals surface area contributed by atoms with Gasteiger partial charge in [-0.2, -0.15) is 0 Å². The molecule has 0 saturated carbocycles. The summed E-state index contributed by atoms with van der Waals surface area (Å²) in [7, 11) is 1.59. The van der Waals surface area contributed by atoms with E-state index in [9.17, 15) is 4.79 Å². The van der Waals surface area contributed by atoms with Crippen LogP contribution in [-0.4, -0.2) is 24.3 Å². The van der Waals surface area contributed by atoms with Gasteiger partial charge < -0.3 is 5.73 Å². The summed E-state index contributed by atoms with van der Waals surface area (Å²) in [5.74, 6) is 0.213. The molecule has 0 saturated heterocycles. The van der Waals surface area contributed by atoms with Gasteiger partial charge in [-0.1, -0.05) is 60.7 Å². The highest BCUT2D eigenvalue weighted by atomic mass is 16.1. The Morgan fingerprint density at radius 3 is 2.27 bits per heavy atom. The number of carbonyl (C=O) groups excluding carboxylic acids is 1. The van der Waals surface area contributed by atoms with Crippen LogP contribution in [0.3, 0.4) is 0 Å². The van der Waals surface area contributed by atoms with Crippen LogP contribution in [0.2, 0.25) is 0 Å². The van der Waals surface area contributed by atoms with Crippen LogP contribution in [0.15, 0.2) is 71.4 Å². The zero-order chi connectivity index (χ0) is 18.8. The van der Waals surface area contributed by atoms with Gasteiger partial charge in [0.05, 0.1) is 0 Å². The van der Waals surface area contributed by atoms with Crippen molar-refractivity contribution in [3.63, 3.8) is 0 Å². The molecule has 0 spiro atoms. The number of guanidine groups is 1. The van der Waals surface area contributed by atoms with Gasteiger partial charge >= 0.3 is 0 Å². The van der Waals surface area contributed by atoms with E-state index in [0.29, 0.717) is 6.41 Å². The number of rotatable bonds is 8. The van der Waals surface area contributed by atoms with Crippen LogP contribution in [0.4, 0.5) is 0 Å². The van der Waals surface area contributed by atoms with E-state index >= 15 is 0 Å². The first-order valence-electron chi connectivity index (χ1n) is 8.91. The molecular weight excluding hydrogens is 322 g/mol. The summed E-state index contributed by atoms with van der Waals surface area (Å²) in [5.41, 5.74) is 10.7. The van der Waals surface area contributed by atoms with E-state index < -0.39 is 0 Å². The summed E-state index contributed by atoms with van der Waals surface area (Å²) in [6.07, 6.45) is 6.34. The maximum absolute atomic E-state index is 10.7. The summed E-state index contributed by atoms with van der Waals surface area (Å²) in [6.45, 7) is 1.93. The molecule has 26 heavy (non-hydrogen) atoms. The molecule has 0 fully saturated rings. The molecule has 1 amide bonds. The molecule has 0 radical (unpaired) electrons. The van der Waals surface area contributed by atoms with Gasteiger partial charge in [-0.3, -0.25) is 9.69 Å². The summed E-state index contributed by atoms with van der Waals surface area (Å²) in [4.78, 5) is 16.3. The maximum atomic E-state index is 10.7. The lowest BCUT2D eigenvalue weighted by molar-refractivity contribution is -0.114. The number of aliphatic imine (C=N–C) groups is 1. The Labute approximate surface area is 156 Å². The molecule has 0 aliphatic heterocycles. The molecule has 0 atom stereocenters. The van der Waals surface area contributed by atoms with Crippen molar-refractivity contribution in [2.24, 2.45) is 10.7 Å². The third-order valence-corrected chi connectivity index (χ3v) is 4.32. The van der Waals surface area contributed by atoms with E-state index in [1.807, 2.05) is 19.1 Å². The lowest BCUT2D eigenvalue weighted by Crippen LogP contribution is -2.32. The minimum atomic E-state index is 0.213. The average molecular weight is 349 g/mol. The van der Waals surface area contributed by atoms with Gasteiger partial charge in [0, 0.05) is 12.7 Å². The number of benzene rings is 2. The second-order valence-corrected chi connectivity index (χ2v) is 6.27. The van der Waals surface area contributed by atoms with Crippen molar-refractivity contribution in [2.75, 3.05) is 7.05 Å². The predicted molar refractivity (Wildman–Crippen MR) is 108 cm³/mol. The van der Waals surface area contributed by atoms with E-state index in [2.05, 4.69) is 53.5 Å². The monoisotopic (exact) mass is 349 g/mol. The van der Waals surface area contributed by atoms with Gasteiger partial charge in [0.15, 0.2) is 0 Å². The zero-order valence-electron chi connectivity index (χ0n) is 15.6. The third kappa shape index (κ3) is 6.20. The molecule has 0 aromatic heterocycles. The summed E-state index contributed by atoms with van der Waals surface area (Å²) in [5, 5.41) is 0. The van der Waals surface area contributed by atoms with Crippen LogP contribution in [0.25, 0.3) is 0 Å². The van der Waals surface area contributed by atoms with Crippen LogP contribution in [-0.2, 0) is 24.1 Å². The van der Waals surface area contributed by atoms with Crippen molar-refractivity contribution < 1.29 is 4.79 Å². The van der Waals surface area contributed by atoms with Crippen LogP contribution in [0, 0.1) is 0 Å². The van der Waals surface area contributed by atoms with Crippen LogP contribution in [0.5, 0.6) is 0 Å². The normalized spacial score (nSPS) is 12.1. The van der Waals surface area contributed by atoms with Gasteiger partial charge in [-0.25, -0.2) is 4.99 Å². The maximum Gasteiger partial charge on any atom is 0.216 e. The second-order valence-electron chi connectivity index (χ2n) is 6.27. The van der Waals surface area contributed by atoms with Crippen LogP contribution in [0.1, 0.15) is 30.0 Å². The van der Waals surface area contributed by atoms with Crippen molar-refractivity contribution in [3.05, 3.63) is 83.1 Å². The molecule has 4 nitrogen and oxygen atoms in total. The van der Waals surface area contributed by atoms with Gasteiger partial charge in [-0.05, 0) is 49.3 Å². The molecule has 2 aromatic carbocycles. The lowest BCUT2D eigenvalue weighted by Gasteiger charge is -2.10. The van der Waals surface area contributed by atoms with Crippen molar-refractivity contribution >= 4 is 12.4 Å². The van der Waals surface area contributed by atoms with E-state index in [1.165, 1.54) is 21.6 Å². The Kier molecular flexibility index (Phi) is 7.62. The molecular formula is C22H27N3O. The molecule has 0 bridgehead atoms. The highest BCUT2D eigenvalue weighted by Crippen LogP contribution is 2.14. The van der Waals surface area contributed by atoms with Crippen molar-refractivity contribution in [3.8, 4) is 0 Å². The quantitative estimate of drug-likeness (QED) is 0.449. The van der Waals surface area contributed by atoms with Crippen molar-refractivity contribution in [2.45, 2.75) is 32.6 Å². The standard InChI is InChI=1S/C22H27N3O/c1-3-21(24-22(23)25(2)17-26)15-14-20-11-7-10-19(16-20)13-12-18-8-5-4-6-9-18/h3-11,16-17H,12-15H2,1-2H3,(H2,23,24)/b21-3-. The fourth-order valence-corrected chi connectivity index (χ4v) is 2.69. The molecule has 0 heterocycles. The average Bonchev–Trinajstić information content (AvgIpc) is 2.69. The summed E-state index contributed by atoms with van der Waals surface area (Å²) in [6, 6.07) is 19.2. The molecule has 0 aliphatic carbocycles. The van der Waals surface area contributed by atoms with Crippen LogP contribution < -0.4 is 5.73 Å². The Hall–Kier alpha value is -2.88. The molecule has 2 aromatic rings. The molecule has 2 N–H and O–H groups in total. The number of aryl methyl sites for hydroxylation is 3. The fraction of sp³-hybridized carbons (Fsp3) is 0.273. The molecule has 0 aliphatic rings. The Morgan fingerprint density at radius 1 is 1.00 bits per heavy atom. The van der Waals surface area contributed by atoms with Gasteiger partial charge in [0.25, 0.3) is 0 Å². The fourth-order valence-electron chi connectivity index (χ4n) is 2.69. The lowest BCUT2D eigenvalue weighted by atomic mass is 10.0. The minimum Gasteiger partial charge on any atom is -0.369 e. The summed E-state index contributed by atoms with van der Waals surface area (Å²) < 4.78 is 0. The van der Waals surface area contributed by atoms with Crippen molar-refractivity contribution in [1.29, 1.82) is 0 Å². The van der Waals surface area contributed by atoms with E-state index in [0.717, 1.165) is 31.4 Å². The number of nitrogens with zero attached hydrogens (tertiary/aromatic N) is 2. The predicted octanol–water partition coefficient (Wildman–Crippen LogP) is 3.71. The Bertz CT molecular complexity index is 766. The SMILES string of the molecule is C/C=C(/CCc1cccc(CCc2ccccc2)c1)N=C(N)N(C)C=O. The van der Waals surface area contributed by atoms with E-state index in [4.69, 9.17) is 5.73 Å². The highest BCUT2D eigenvalue weighted by molar-refractivity contribution is 5.87. The van der Waals surface area contributed by atoms with Gasteiger partial charge in [-0.15, -0.1) is 0 Å². The van der Waals surface area contributed by atoms with Gasteiger partial charge in [0.1, 0.15) is 0 Å². The first-order valence-corrected chi connectivity index (χ1v) is 8.91. The number of carbonyl (C=O) groups is 1. The zero-order valence-corrected chi connectivity index (χ0v) is 15.6. The van der Waals surface area contributed by atoms with Gasteiger partial charge in [0.2, 0.25) is 12.4 Å². The molecule has 0 unspecified atom stereocenters. The molecule has 136 valence electrons. The highest BCUT2D eigenvalue weighted by Gasteiger charge is 2.03. The Balaban J connectivity index is 1.94. The molecule has 4 heteroatoms. The van der Waals surface area contributed by atoms with Crippen molar-refractivity contribution in [1.82, 2.24) is 4.90 Å². The largest absolute Gasteiger partial charge is 0.369 e. The number of hydrogen-bond acceptors (Lipinski definition) is 2. The minimum absolute atomic E-state index is 0.213. The number of amides is 1. The third-order valence-electron chi connectivity index (χ3n) is 4.32. The van der Waals surface area contributed by atoms with Crippen LogP contribution >= 0.6 is 0 Å². The first-order chi connectivity index (χ1) is 12.6. The number of allylic oxidation sites excluding steroid dienone is 2. The number of hydrogen-bond donors (Lipinski definition) is 1. The Morgan fingerprint density at radius 2 is 1.62 bits per heavy atom. The summed E-state index contributed by atoms with van der Waals surface area (Å²) >= 11 is 0. The number of nitrogens with two attached hydrogens (primary N) is 1. The van der Waals surface area contributed by atoms with E-state index in [1.54, 1.807) is 7.05 Å². The first kappa shape index (κ1) is 19.4. The topological polar surface area (TPSA) is 58.7 Å². The van der Waals surface area contributed by atoms with E-state index in [-0.39, 0.29) is 5.96 Å². The molecule has 2 rings (SSSR count).